The smallest absolute Gasteiger partial charge is 0.345 e. The van der Waals surface area contributed by atoms with Crippen molar-refractivity contribution in [1.29, 1.82) is 0 Å². The minimum absolute atomic E-state index is 0.0703. The van der Waals surface area contributed by atoms with Gasteiger partial charge < -0.3 is 9.88 Å². The SMILES string of the molecule is CC(C)n1c(C2CCN(C(=O)c3cccc4[nH]ccc34)CC2)nn(C)c1=O. The molecule has 3 aromatic rings. The number of nitrogens with zero attached hydrogens (tertiary/aromatic N) is 4. The predicted octanol–water partition coefficient (Wildman–Crippen LogP) is 2.66. The van der Waals surface area contributed by atoms with E-state index in [1.165, 1.54) is 4.68 Å². The Labute approximate surface area is 157 Å². The number of likely N-dealkylation sites (tertiary alicyclic amines) is 1. The molecule has 142 valence electrons. The quantitative estimate of drug-likeness (QED) is 0.773. The van der Waals surface area contributed by atoms with Crippen molar-refractivity contribution in [2.45, 2.75) is 38.6 Å². The molecule has 1 N–H and O–H groups in total. The first-order valence-electron chi connectivity index (χ1n) is 9.48. The van der Waals surface area contributed by atoms with E-state index in [1.54, 1.807) is 11.6 Å². The number of aromatic nitrogens is 4. The molecule has 0 bridgehead atoms. The first-order valence-corrected chi connectivity index (χ1v) is 9.48. The van der Waals surface area contributed by atoms with Crippen LogP contribution in [-0.4, -0.2) is 43.2 Å². The van der Waals surface area contributed by atoms with Crippen molar-refractivity contribution in [1.82, 2.24) is 24.2 Å². The molecule has 0 aliphatic carbocycles. The first-order chi connectivity index (χ1) is 13.0. The minimum atomic E-state index is -0.0716. The van der Waals surface area contributed by atoms with Crippen LogP contribution in [0.15, 0.2) is 35.3 Å². The van der Waals surface area contributed by atoms with Crippen LogP contribution in [0.5, 0.6) is 0 Å². The summed E-state index contributed by atoms with van der Waals surface area (Å²) < 4.78 is 3.20. The van der Waals surface area contributed by atoms with Crippen molar-refractivity contribution in [3.8, 4) is 0 Å². The molecule has 1 fully saturated rings. The molecule has 4 rings (SSSR count). The number of carbonyl (C=O) groups is 1. The van der Waals surface area contributed by atoms with Crippen molar-refractivity contribution < 1.29 is 4.79 Å². The summed E-state index contributed by atoms with van der Waals surface area (Å²) in [5, 5.41) is 5.44. The van der Waals surface area contributed by atoms with E-state index in [4.69, 9.17) is 0 Å². The molecular formula is C20H25N5O2. The summed E-state index contributed by atoms with van der Waals surface area (Å²) in [5.74, 6) is 1.12. The first kappa shape index (κ1) is 17.6. The Hall–Kier alpha value is -2.83. The van der Waals surface area contributed by atoms with E-state index < -0.39 is 0 Å². The number of hydrogen-bond acceptors (Lipinski definition) is 3. The number of H-pyrrole nitrogens is 1. The van der Waals surface area contributed by atoms with Gasteiger partial charge in [-0.25, -0.2) is 9.48 Å². The lowest BCUT2D eigenvalue weighted by molar-refractivity contribution is 0.0712. The fourth-order valence-corrected chi connectivity index (χ4v) is 4.05. The van der Waals surface area contributed by atoms with Gasteiger partial charge in [-0.15, -0.1) is 0 Å². The molecule has 27 heavy (non-hydrogen) atoms. The molecule has 1 aromatic carbocycles. The van der Waals surface area contributed by atoms with Gasteiger partial charge in [-0.3, -0.25) is 9.36 Å². The average molecular weight is 367 g/mol. The van der Waals surface area contributed by atoms with E-state index in [2.05, 4.69) is 10.1 Å². The van der Waals surface area contributed by atoms with Gasteiger partial charge >= 0.3 is 5.69 Å². The maximum absolute atomic E-state index is 13.0. The molecule has 7 nitrogen and oxygen atoms in total. The van der Waals surface area contributed by atoms with Gasteiger partial charge in [-0.05, 0) is 44.9 Å². The highest BCUT2D eigenvalue weighted by atomic mass is 16.2. The number of piperidine rings is 1. The van der Waals surface area contributed by atoms with Gasteiger partial charge in [0.2, 0.25) is 0 Å². The normalized spacial score (nSPS) is 15.8. The number of aryl methyl sites for hydroxylation is 1. The molecular weight excluding hydrogens is 342 g/mol. The number of amides is 1. The summed E-state index contributed by atoms with van der Waals surface area (Å²) in [6.45, 7) is 5.35. The van der Waals surface area contributed by atoms with Gasteiger partial charge in [-0.1, -0.05) is 6.07 Å². The molecule has 1 amide bonds. The highest BCUT2D eigenvalue weighted by Gasteiger charge is 2.29. The highest BCUT2D eigenvalue weighted by Crippen LogP contribution is 2.29. The van der Waals surface area contributed by atoms with Crippen LogP contribution >= 0.6 is 0 Å². The van der Waals surface area contributed by atoms with E-state index in [9.17, 15) is 9.59 Å². The maximum atomic E-state index is 13.0. The summed E-state index contributed by atoms with van der Waals surface area (Å²) in [6, 6.07) is 7.80. The molecule has 0 radical (unpaired) electrons. The Morgan fingerprint density at radius 2 is 1.96 bits per heavy atom. The van der Waals surface area contributed by atoms with Crippen LogP contribution in [0.25, 0.3) is 10.9 Å². The standard InChI is InChI=1S/C20H25N5O2/c1-13(2)25-18(22-23(3)20(25)27)14-8-11-24(12-9-14)19(26)16-5-4-6-17-15(16)7-10-21-17/h4-7,10,13-14,21H,8-9,11-12H2,1-3H3. The van der Waals surface area contributed by atoms with Crippen LogP contribution in [-0.2, 0) is 7.05 Å². The predicted molar refractivity (Wildman–Crippen MR) is 104 cm³/mol. The van der Waals surface area contributed by atoms with Crippen LogP contribution in [0, 0.1) is 0 Å². The lowest BCUT2D eigenvalue weighted by atomic mass is 9.95. The number of carbonyl (C=O) groups excluding carboxylic acids is 1. The van der Waals surface area contributed by atoms with Crippen LogP contribution in [0.2, 0.25) is 0 Å². The minimum Gasteiger partial charge on any atom is -0.361 e. The van der Waals surface area contributed by atoms with E-state index in [1.807, 2.05) is 49.2 Å². The van der Waals surface area contributed by atoms with Gasteiger partial charge in [-0.2, -0.15) is 5.10 Å². The topological polar surface area (TPSA) is 75.9 Å². The third-order valence-electron chi connectivity index (χ3n) is 5.47. The monoisotopic (exact) mass is 367 g/mol. The second-order valence-corrected chi connectivity index (χ2v) is 7.54. The van der Waals surface area contributed by atoms with Gasteiger partial charge in [0.25, 0.3) is 5.91 Å². The van der Waals surface area contributed by atoms with Gasteiger partial charge in [0.05, 0.1) is 0 Å². The molecule has 0 unspecified atom stereocenters. The van der Waals surface area contributed by atoms with E-state index >= 15 is 0 Å². The number of fused-ring (bicyclic) bond motifs is 1. The zero-order valence-corrected chi connectivity index (χ0v) is 16.0. The molecule has 2 aromatic heterocycles. The van der Waals surface area contributed by atoms with Gasteiger partial charge in [0, 0.05) is 54.8 Å². The fourth-order valence-electron chi connectivity index (χ4n) is 4.05. The van der Waals surface area contributed by atoms with Gasteiger partial charge in [0.1, 0.15) is 5.82 Å². The van der Waals surface area contributed by atoms with Crippen molar-refractivity contribution in [2.24, 2.45) is 7.05 Å². The molecule has 7 heteroatoms. The number of aromatic amines is 1. The molecule has 0 spiro atoms. The Balaban J connectivity index is 1.53. The Morgan fingerprint density at radius 3 is 2.67 bits per heavy atom. The summed E-state index contributed by atoms with van der Waals surface area (Å²) in [5.41, 5.74) is 1.65. The Bertz CT molecular complexity index is 1030. The summed E-state index contributed by atoms with van der Waals surface area (Å²) in [6.07, 6.45) is 3.50. The summed E-state index contributed by atoms with van der Waals surface area (Å²) in [7, 11) is 1.70. The molecule has 1 saturated heterocycles. The zero-order valence-electron chi connectivity index (χ0n) is 16.0. The molecule has 3 heterocycles. The summed E-state index contributed by atoms with van der Waals surface area (Å²) >= 11 is 0. The number of nitrogens with one attached hydrogen (secondary N) is 1. The molecule has 1 aliphatic rings. The lowest BCUT2D eigenvalue weighted by Crippen LogP contribution is -2.38. The molecule has 0 atom stereocenters. The average Bonchev–Trinajstić information content (AvgIpc) is 3.26. The molecule has 0 saturated carbocycles. The third kappa shape index (κ3) is 2.97. The van der Waals surface area contributed by atoms with Crippen molar-refractivity contribution in [3.63, 3.8) is 0 Å². The van der Waals surface area contributed by atoms with Crippen LogP contribution < -0.4 is 5.69 Å². The largest absolute Gasteiger partial charge is 0.361 e. The number of rotatable bonds is 3. The van der Waals surface area contributed by atoms with Crippen molar-refractivity contribution >= 4 is 16.8 Å². The van der Waals surface area contributed by atoms with Crippen molar-refractivity contribution in [3.05, 3.63) is 52.3 Å². The van der Waals surface area contributed by atoms with E-state index in [0.29, 0.717) is 13.1 Å². The van der Waals surface area contributed by atoms with E-state index in [-0.39, 0.29) is 23.6 Å². The fraction of sp³-hybridized carbons (Fsp3) is 0.450. The Morgan fingerprint density at radius 1 is 1.22 bits per heavy atom. The van der Waals surface area contributed by atoms with Crippen molar-refractivity contribution in [2.75, 3.05) is 13.1 Å². The molecule has 1 aliphatic heterocycles. The van der Waals surface area contributed by atoms with Gasteiger partial charge in [0.15, 0.2) is 0 Å². The zero-order chi connectivity index (χ0) is 19.1. The highest BCUT2D eigenvalue weighted by molar-refractivity contribution is 6.06. The number of benzene rings is 1. The summed E-state index contributed by atoms with van der Waals surface area (Å²) in [4.78, 5) is 30.4. The third-order valence-corrected chi connectivity index (χ3v) is 5.47. The van der Waals surface area contributed by atoms with Crippen LogP contribution in [0.1, 0.15) is 54.8 Å². The lowest BCUT2D eigenvalue weighted by Gasteiger charge is -2.32. The maximum Gasteiger partial charge on any atom is 0.345 e. The second kappa shape index (κ2) is 6.72. The Kier molecular flexibility index (Phi) is 4.37. The van der Waals surface area contributed by atoms with Crippen LogP contribution in [0.3, 0.4) is 0 Å². The second-order valence-electron chi connectivity index (χ2n) is 7.54. The van der Waals surface area contributed by atoms with Crippen LogP contribution in [0.4, 0.5) is 0 Å². The number of hydrogen-bond donors (Lipinski definition) is 1. The van der Waals surface area contributed by atoms with E-state index in [0.717, 1.165) is 35.1 Å².